The summed E-state index contributed by atoms with van der Waals surface area (Å²) in [5.41, 5.74) is -3.82. The Hall–Kier alpha value is -4.47. The van der Waals surface area contributed by atoms with E-state index >= 15 is 9.59 Å². The summed E-state index contributed by atoms with van der Waals surface area (Å²) in [5.74, 6) is -1.60. The number of nitrogens with one attached hydrogen (secondary N) is 2. The van der Waals surface area contributed by atoms with Gasteiger partial charge in [-0.15, -0.1) is 0 Å². The van der Waals surface area contributed by atoms with Crippen molar-refractivity contribution in [1.29, 1.82) is 0 Å². The number of carbonyl (C=O) groups excluding carboxylic acids is 3. The molecule has 1 aliphatic carbocycles. The SMILES string of the molecule is CCOC(=O)[C@H](CC(C)C)NC(=O)[C@@]1(O)[C@H](O)[C@]2(CC)C=CCN3CC[C@@]4(c5cc([C@@]6(C(=O)OC)C[C@H]7CN(CCc8c6[nH]c6ccccc86)C[C@](O)(CC)C7)c(OC)cc5N(C)[C@@]14C)[C@@H]32. The van der Waals surface area contributed by atoms with E-state index < -0.39 is 63.0 Å². The van der Waals surface area contributed by atoms with Crippen LogP contribution in [0.25, 0.3) is 10.9 Å². The van der Waals surface area contributed by atoms with E-state index in [0.29, 0.717) is 88.2 Å². The average Bonchev–Trinajstić information content (AvgIpc) is 3.96. The molecule has 6 aliphatic rings. The van der Waals surface area contributed by atoms with Crippen LogP contribution in [0.3, 0.4) is 0 Å². The number of aromatic nitrogens is 1. The number of H-pyrrole nitrogens is 1. The van der Waals surface area contributed by atoms with Gasteiger partial charge in [0.25, 0.3) is 5.91 Å². The standard InChI is InChI=1S/C52H71N5O9/c1-10-48(62)27-32-28-50(46(61)65-9,41-34(18-22-56(29-32)30-48)33-16-13-14-17-37(33)53-41)36-25-35-39(26-40(36)64-8)55(7)47(6)51(35)20-23-57-21-15-19-49(11-2,43(51)57)44(59)52(47,63)45(60)54-38(24-31(4)5)42(58)66-12-3/h13-17,19,25-26,31-32,38,43-44,53,59,62-63H,10-12,18,20-24,27-30H2,1-9H3,(H,54,60)/t32-,38-,43-,44+,47+,48-,49+,50-,51+,52-/m0/s1. The first-order chi connectivity index (χ1) is 31.4. The van der Waals surface area contributed by atoms with E-state index in [1.54, 1.807) is 14.0 Å². The van der Waals surface area contributed by atoms with Gasteiger partial charge in [0.2, 0.25) is 0 Å². The molecule has 5 aliphatic heterocycles. The molecule has 0 radical (unpaired) electrons. The average molecular weight is 910 g/mol. The van der Waals surface area contributed by atoms with Gasteiger partial charge < -0.3 is 44.7 Å². The van der Waals surface area contributed by atoms with E-state index in [1.807, 2.05) is 83.0 Å². The molecule has 3 fully saturated rings. The van der Waals surface area contributed by atoms with Gasteiger partial charge in [-0.1, -0.05) is 58.0 Å². The zero-order chi connectivity index (χ0) is 47.4. The summed E-state index contributed by atoms with van der Waals surface area (Å²) < 4.78 is 17.9. The van der Waals surface area contributed by atoms with Crippen LogP contribution in [-0.4, -0.2) is 143 Å². The number of benzene rings is 2. The minimum absolute atomic E-state index is 0.00201. The van der Waals surface area contributed by atoms with Crippen molar-refractivity contribution in [2.75, 3.05) is 65.5 Å². The molecule has 9 rings (SSSR count). The van der Waals surface area contributed by atoms with Gasteiger partial charge in [-0.25, -0.2) is 4.79 Å². The maximum absolute atomic E-state index is 15.5. The number of amides is 1. The number of aliphatic hydroxyl groups excluding tert-OH is 1. The summed E-state index contributed by atoms with van der Waals surface area (Å²) in [6.07, 6.45) is 5.62. The number of para-hydroxylation sites is 1. The van der Waals surface area contributed by atoms with Crippen LogP contribution in [0.1, 0.15) is 102 Å². The Morgan fingerprint density at radius 3 is 2.45 bits per heavy atom. The molecule has 5 N–H and O–H groups in total. The smallest absolute Gasteiger partial charge is 0.328 e. The predicted molar refractivity (Wildman–Crippen MR) is 252 cm³/mol. The Balaban J connectivity index is 1.33. The molecule has 2 bridgehead atoms. The number of rotatable bonds is 11. The van der Waals surface area contributed by atoms with Gasteiger partial charge in [0.05, 0.1) is 32.0 Å². The summed E-state index contributed by atoms with van der Waals surface area (Å²) in [4.78, 5) is 55.0. The number of aromatic amines is 1. The summed E-state index contributed by atoms with van der Waals surface area (Å²) in [6.45, 7) is 14.8. The van der Waals surface area contributed by atoms with Crippen molar-refractivity contribution in [3.05, 3.63) is 70.9 Å². The quantitative estimate of drug-likeness (QED) is 0.132. The topological polar surface area (TPSA) is 177 Å². The highest BCUT2D eigenvalue weighted by Crippen LogP contribution is 2.71. The van der Waals surface area contributed by atoms with Gasteiger partial charge in [-0.05, 0) is 100 Å². The molecule has 1 amide bonds. The van der Waals surface area contributed by atoms with Crippen LogP contribution in [0.5, 0.6) is 5.75 Å². The molecule has 1 saturated carbocycles. The third-order valence-corrected chi connectivity index (χ3v) is 17.7. The van der Waals surface area contributed by atoms with Crippen molar-refractivity contribution in [2.24, 2.45) is 17.3 Å². The zero-order valence-corrected chi connectivity index (χ0v) is 40.3. The highest BCUT2D eigenvalue weighted by molar-refractivity contribution is 5.97. The largest absolute Gasteiger partial charge is 0.496 e. The number of ether oxygens (including phenoxy) is 3. The van der Waals surface area contributed by atoms with E-state index in [-0.39, 0.29) is 30.9 Å². The summed E-state index contributed by atoms with van der Waals surface area (Å²) >= 11 is 0. The molecule has 2 saturated heterocycles. The van der Waals surface area contributed by atoms with Crippen LogP contribution in [0.2, 0.25) is 0 Å². The van der Waals surface area contributed by atoms with Crippen molar-refractivity contribution in [2.45, 2.75) is 132 Å². The van der Waals surface area contributed by atoms with Gasteiger partial charge in [0.15, 0.2) is 5.60 Å². The fourth-order valence-corrected chi connectivity index (χ4v) is 14.6. The number of anilines is 1. The molecule has 6 heterocycles. The second kappa shape index (κ2) is 16.4. The molecule has 66 heavy (non-hydrogen) atoms. The summed E-state index contributed by atoms with van der Waals surface area (Å²) in [5, 5.41) is 43.0. The Labute approximate surface area is 389 Å². The molecule has 1 aromatic heterocycles. The molecule has 14 nitrogen and oxygen atoms in total. The van der Waals surface area contributed by atoms with Crippen LogP contribution < -0.4 is 15.0 Å². The molecule has 1 unspecified atom stereocenters. The van der Waals surface area contributed by atoms with Crippen LogP contribution in [-0.2, 0) is 41.1 Å². The predicted octanol–water partition coefficient (Wildman–Crippen LogP) is 4.73. The Kier molecular flexibility index (Phi) is 11.6. The third-order valence-electron chi connectivity index (χ3n) is 17.7. The van der Waals surface area contributed by atoms with E-state index in [1.165, 1.54) is 7.11 Å². The Morgan fingerprint density at radius 1 is 1.02 bits per heavy atom. The highest BCUT2D eigenvalue weighted by atomic mass is 16.5. The van der Waals surface area contributed by atoms with Gasteiger partial charge in [-0.3, -0.25) is 19.4 Å². The summed E-state index contributed by atoms with van der Waals surface area (Å²) in [7, 11) is 4.89. The van der Waals surface area contributed by atoms with Crippen LogP contribution in [0.15, 0.2) is 48.6 Å². The molecule has 2 aromatic carbocycles. The van der Waals surface area contributed by atoms with Crippen LogP contribution in [0.4, 0.5) is 5.69 Å². The lowest BCUT2D eigenvalue weighted by Crippen LogP contribution is -2.87. The van der Waals surface area contributed by atoms with Crippen molar-refractivity contribution >= 4 is 34.4 Å². The maximum Gasteiger partial charge on any atom is 0.328 e. The fraction of sp³-hybridized carbons (Fsp3) is 0.635. The number of fused-ring (bicyclic) bond motifs is 6. The number of methoxy groups -OCH3 is 2. The number of carbonyl (C=O) groups is 3. The molecule has 1 spiro atoms. The van der Waals surface area contributed by atoms with Crippen molar-refractivity contribution in [3.63, 3.8) is 0 Å². The lowest BCUT2D eigenvalue weighted by Gasteiger charge is -2.68. The molecular formula is C52H71N5O9. The first-order valence-electron chi connectivity index (χ1n) is 24.3. The van der Waals surface area contributed by atoms with Crippen LogP contribution >= 0.6 is 0 Å². The van der Waals surface area contributed by atoms with E-state index in [4.69, 9.17) is 14.2 Å². The second-order valence-electron chi connectivity index (χ2n) is 21.0. The van der Waals surface area contributed by atoms with Gasteiger partial charge >= 0.3 is 11.9 Å². The lowest BCUT2D eigenvalue weighted by atomic mass is 9.42. The van der Waals surface area contributed by atoms with Gasteiger partial charge in [0.1, 0.15) is 23.3 Å². The summed E-state index contributed by atoms with van der Waals surface area (Å²) in [6, 6.07) is 10.7. The highest BCUT2D eigenvalue weighted by Gasteiger charge is 2.84. The molecule has 11 atom stereocenters. The van der Waals surface area contributed by atoms with E-state index in [0.717, 1.165) is 27.7 Å². The zero-order valence-electron chi connectivity index (χ0n) is 40.3. The van der Waals surface area contributed by atoms with E-state index in [2.05, 4.69) is 32.2 Å². The Bertz CT molecular complexity index is 2450. The third kappa shape index (κ3) is 6.12. The number of likely N-dealkylation sites (N-methyl/N-ethyl adjacent to an activating group) is 1. The second-order valence-corrected chi connectivity index (χ2v) is 21.0. The molecular weight excluding hydrogens is 839 g/mol. The fourth-order valence-electron chi connectivity index (χ4n) is 14.6. The van der Waals surface area contributed by atoms with Gasteiger partial charge in [0, 0.05) is 84.0 Å². The first kappa shape index (κ1) is 46.6. The first-order valence-corrected chi connectivity index (χ1v) is 24.3. The minimum Gasteiger partial charge on any atom is -0.496 e. The van der Waals surface area contributed by atoms with Gasteiger partial charge in [-0.2, -0.15) is 0 Å². The monoisotopic (exact) mass is 910 g/mol. The number of aliphatic hydroxyl groups is 3. The lowest BCUT2D eigenvalue weighted by molar-refractivity contribution is -0.224. The van der Waals surface area contributed by atoms with Crippen molar-refractivity contribution in [3.8, 4) is 5.75 Å². The molecule has 358 valence electrons. The number of esters is 2. The van der Waals surface area contributed by atoms with E-state index in [9.17, 15) is 20.1 Å². The number of nitrogens with zero attached hydrogens (tertiary/aromatic N) is 3. The number of piperidine rings is 1. The minimum atomic E-state index is -2.50. The number of hydrogen-bond donors (Lipinski definition) is 5. The number of hydrogen-bond acceptors (Lipinski definition) is 12. The molecule has 14 heteroatoms. The van der Waals surface area contributed by atoms with Crippen molar-refractivity contribution in [1.82, 2.24) is 20.1 Å². The Morgan fingerprint density at radius 2 is 1.77 bits per heavy atom. The molecule has 3 aromatic rings. The maximum atomic E-state index is 15.5. The van der Waals surface area contributed by atoms with Crippen LogP contribution in [0, 0.1) is 17.3 Å². The normalized spacial score (nSPS) is 36.0. The van der Waals surface area contributed by atoms with Crippen molar-refractivity contribution < 1.29 is 43.9 Å².